The summed E-state index contributed by atoms with van der Waals surface area (Å²) in [5.41, 5.74) is 3.86. The van der Waals surface area contributed by atoms with Crippen LogP contribution in [0.1, 0.15) is 34.1 Å². The number of hydrogen-bond acceptors (Lipinski definition) is 4. The summed E-state index contributed by atoms with van der Waals surface area (Å²) in [6.07, 6.45) is 0.150. The summed E-state index contributed by atoms with van der Waals surface area (Å²) < 4.78 is 31.0. The van der Waals surface area contributed by atoms with Crippen LogP contribution in [0.3, 0.4) is 0 Å². The molecule has 7 heteroatoms. The lowest BCUT2D eigenvalue weighted by atomic mass is 9.78. The SMILES string of the molecule is CC(C)(N)CC(C)(C)C(C(=O)O)S(=O)(=O)O. The number of nitrogens with two attached hydrogens (primary N) is 1. The van der Waals surface area contributed by atoms with Gasteiger partial charge in [0.05, 0.1) is 0 Å². The van der Waals surface area contributed by atoms with E-state index in [2.05, 4.69) is 0 Å². The number of hydrogen-bond donors (Lipinski definition) is 3. The molecule has 0 saturated carbocycles. The van der Waals surface area contributed by atoms with Gasteiger partial charge in [-0.25, -0.2) is 0 Å². The Morgan fingerprint density at radius 2 is 1.69 bits per heavy atom. The average molecular weight is 253 g/mol. The third-order valence-electron chi connectivity index (χ3n) is 2.14. The Labute approximate surface area is 95.6 Å². The van der Waals surface area contributed by atoms with Crippen molar-refractivity contribution in [2.45, 2.75) is 44.9 Å². The van der Waals surface area contributed by atoms with Crippen LogP contribution in [0.15, 0.2) is 0 Å². The van der Waals surface area contributed by atoms with Gasteiger partial charge >= 0.3 is 5.97 Å². The first kappa shape index (κ1) is 15.3. The molecule has 0 aliphatic rings. The maximum Gasteiger partial charge on any atom is 0.324 e. The van der Waals surface area contributed by atoms with E-state index in [0.717, 1.165) is 0 Å². The largest absolute Gasteiger partial charge is 0.480 e. The molecule has 1 atom stereocenters. The Kier molecular flexibility index (Phi) is 4.13. The van der Waals surface area contributed by atoms with Gasteiger partial charge in [0, 0.05) is 5.54 Å². The molecule has 0 radical (unpaired) electrons. The summed E-state index contributed by atoms with van der Waals surface area (Å²) in [7, 11) is -4.65. The molecule has 0 aromatic heterocycles. The van der Waals surface area contributed by atoms with E-state index >= 15 is 0 Å². The van der Waals surface area contributed by atoms with Crippen molar-refractivity contribution in [3.05, 3.63) is 0 Å². The molecule has 0 spiro atoms. The van der Waals surface area contributed by atoms with Crippen LogP contribution in [0.2, 0.25) is 0 Å². The van der Waals surface area contributed by atoms with E-state index in [1.165, 1.54) is 13.8 Å². The molecule has 0 rings (SSSR count). The minimum Gasteiger partial charge on any atom is -0.480 e. The summed E-state index contributed by atoms with van der Waals surface area (Å²) in [4.78, 5) is 10.9. The van der Waals surface area contributed by atoms with Crippen LogP contribution in [-0.4, -0.2) is 34.8 Å². The third kappa shape index (κ3) is 4.46. The molecule has 4 N–H and O–H groups in total. The van der Waals surface area contributed by atoms with Crippen molar-refractivity contribution in [2.75, 3.05) is 0 Å². The normalized spacial score (nSPS) is 15.9. The van der Waals surface area contributed by atoms with Gasteiger partial charge in [0.25, 0.3) is 10.1 Å². The second-order valence-electron chi connectivity index (χ2n) is 5.39. The maximum absolute atomic E-state index is 11.0. The van der Waals surface area contributed by atoms with Crippen LogP contribution in [0.25, 0.3) is 0 Å². The van der Waals surface area contributed by atoms with E-state index in [1.807, 2.05) is 0 Å². The van der Waals surface area contributed by atoms with E-state index in [1.54, 1.807) is 13.8 Å². The quantitative estimate of drug-likeness (QED) is 0.613. The molecule has 0 bridgehead atoms. The molecule has 16 heavy (non-hydrogen) atoms. The predicted molar refractivity (Wildman–Crippen MR) is 59.6 cm³/mol. The van der Waals surface area contributed by atoms with Crippen molar-refractivity contribution in [3.63, 3.8) is 0 Å². The van der Waals surface area contributed by atoms with Gasteiger partial charge in [0.15, 0.2) is 5.25 Å². The van der Waals surface area contributed by atoms with Gasteiger partial charge in [-0.3, -0.25) is 9.35 Å². The van der Waals surface area contributed by atoms with Crippen molar-refractivity contribution in [1.82, 2.24) is 0 Å². The molecule has 0 aliphatic heterocycles. The van der Waals surface area contributed by atoms with Gasteiger partial charge in [-0.1, -0.05) is 13.8 Å². The minimum atomic E-state index is -4.65. The van der Waals surface area contributed by atoms with Gasteiger partial charge in [-0.15, -0.1) is 0 Å². The predicted octanol–water partition coefficient (Wildman–Crippen LogP) is 0.481. The number of carboxylic acid groups (broad SMARTS) is 1. The lowest BCUT2D eigenvalue weighted by Crippen LogP contribution is -2.48. The van der Waals surface area contributed by atoms with Crippen LogP contribution in [0, 0.1) is 5.41 Å². The first-order chi connectivity index (χ1) is 6.77. The summed E-state index contributed by atoms with van der Waals surface area (Å²) in [6.45, 7) is 6.23. The molecule has 0 aromatic carbocycles. The molecule has 96 valence electrons. The number of rotatable bonds is 5. The minimum absolute atomic E-state index is 0.150. The summed E-state index contributed by atoms with van der Waals surface area (Å²) in [6, 6.07) is 0. The second-order valence-corrected chi connectivity index (χ2v) is 6.89. The van der Waals surface area contributed by atoms with Crippen LogP contribution in [-0.2, 0) is 14.9 Å². The van der Waals surface area contributed by atoms with Crippen molar-refractivity contribution in [2.24, 2.45) is 11.1 Å². The molecule has 0 aliphatic carbocycles. The fourth-order valence-electron chi connectivity index (χ4n) is 2.13. The van der Waals surface area contributed by atoms with Crippen LogP contribution < -0.4 is 5.73 Å². The lowest BCUT2D eigenvalue weighted by Gasteiger charge is -2.35. The van der Waals surface area contributed by atoms with Crippen LogP contribution in [0.4, 0.5) is 0 Å². The molecule has 1 unspecified atom stereocenters. The number of aliphatic carboxylic acids is 1. The summed E-state index contributed by atoms with van der Waals surface area (Å²) >= 11 is 0. The molecular formula is C9H19NO5S. The van der Waals surface area contributed by atoms with Gasteiger partial charge in [0.1, 0.15) is 0 Å². The number of carboxylic acids is 1. The van der Waals surface area contributed by atoms with E-state index in [-0.39, 0.29) is 6.42 Å². The zero-order valence-electron chi connectivity index (χ0n) is 9.89. The molecule has 0 fully saturated rings. The Hall–Kier alpha value is -0.660. The Morgan fingerprint density at radius 3 is 1.88 bits per heavy atom. The van der Waals surface area contributed by atoms with Crippen molar-refractivity contribution >= 4 is 16.1 Å². The van der Waals surface area contributed by atoms with Gasteiger partial charge in [-0.05, 0) is 25.7 Å². The molecule has 0 saturated heterocycles. The van der Waals surface area contributed by atoms with Gasteiger partial charge in [-0.2, -0.15) is 8.42 Å². The zero-order valence-corrected chi connectivity index (χ0v) is 10.7. The second kappa shape index (κ2) is 4.31. The number of carbonyl (C=O) groups is 1. The highest BCUT2D eigenvalue weighted by atomic mass is 32.2. The maximum atomic E-state index is 11.0. The van der Waals surface area contributed by atoms with Gasteiger partial charge < -0.3 is 10.8 Å². The van der Waals surface area contributed by atoms with Gasteiger partial charge in [0.2, 0.25) is 0 Å². The van der Waals surface area contributed by atoms with Crippen LogP contribution >= 0.6 is 0 Å². The molecule has 0 aromatic rings. The zero-order chi connectivity index (χ0) is 13.4. The van der Waals surface area contributed by atoms with Crippen molar-refractivity contribution in [3.8, 4) is 0 Å². The highest BCUT2D eigenvalue weighted by molar-refractivity contribution is 7.87. The first-order valence-corrected chi connectivity index (χ1v) is 6.26. The summed E-state index contributed by atoms with van der Waals surface area (Å²) in [5, 5.41) is 6.99. The van der Waals surface area contributed by atoms with E-state index < -0.39 is 32.3 Å². The van der Waals surface area contributed by atoms with E-state index in [9.17, 15) is 13.2 Å². The summed E-state index contributed by atoms with van der Waals surface area (Å²) in [5.74, 6) is -1.57. The monoisotopic (exact) mass is 253 g/mol. The molecule has 0 heterocycles. The standard InChI is InChI=1S/C9H19NO5S/c1-8(2,5-9(3,4)10)6(7(11)12)16(13,14)15/h6H,5,10H2,1-4H3,(H,11,12)(H,13,14,15). The average Bonchev–Trinajstić information content (AvgIpc) is 1.70. The van der Waals surface area contributed by atoms with Crippen LogP contribution in [0.5, 0.6) is 0 Å². The fraction of sp³-hybridized carbons (Fsp3) is 0.889. The highest BCUT2D eigenvalue weighted by Crippen LogP contribution is 2.34. The molecule has 6 nitrogen and oxygen atoms in total. The fourth-order valence-corrected chi connectivity index (χ4v) is 3.28. The lowest BCUT2D eigenvalue weighted by molar-refractivity contribution is -0.139. The molecular weight excluding hydrogens is 234 g/mol. The Bertz CT molecular complexity index is 366. The highest BCUT2D eigenvalue weighted by Gasteiger charge is 2.46. The molecule has 0 amide bonds. The Morgan fingerprint density at radius 1 is 1.31 bits per heavy atom. The first-order valence-electron chi connectivity index (χ1n) is 4.75. The topological polar surface area (TPSA) is 118 Å². The van der Waals surface area contributed by atoms with Crippen molar-refractivity contribution in [1.29, 1.82) is 0 Å². The van der Waals surface area contributed by atoms with E-state index in [0.29, 0.717) is 0 Å². The third-order valence-corrected chi connectivity index (χ3v) is 3.58. The van der Waals surface area contributed by atoms with E-state index in [4.69, 9.17) is 15.4 Å². The Balaban J connectivity index is 5.31. The van der Waals surface area contributed by atoms with Crippen molar-refractivity contribution < 1.29 is 22.9 Å². The smallest absolute Gasteiger partial charge is 0.324 e.